The number of carbonyl (C=O) groups is 2. The number of hydrogen-bond acceptors (Lipinski definition) is 5. The van der Waals surface area contributed by atoms with Gasteiger partial charge in [-0.25, -0.2) is 4.79 Å². The van der Waals surface area contributed by atoms with Gasteiger partial charge in [-0.3, -0.25) is 9.78 Å². The van der Waals surface area contributed by atoms with E-state index < -0.39 is 12.1 Å². The fourth-order valence-electron chi connectivity index (χ4n) is 3.16. The molecule has 0 spiro atoms. The van der Waals surface area contributed by atoms with Crippen LogP contribution in [0, 0.1) is 0 Å². The number of carboxylic acids is 1. The number of rotatable bonds is 5. The average molecular weight is 494 g/mol. The number of alkyl halides is 3. The number of aromatic nitrogens is 2. The highest BCUT2D eigenvalue weighted by molar-refractivity contribution is 7.10. The van der Waals surface area contributed by atoms with Gasteiger partial charge in [-0.1, -0.05) is 12.1 Å². The Morgan fingerprint density at radius 2 is 1.97 bits per heavy atom. The monoisotopic (exact) mass is 493 g/mol. The topological polar surface area (TPSA) is 84.7 Å². The molecule has 4 rings (SSSR count). The maximum atomic E-state index is 12.8. The molecule has 180 valence electrons. The zero-order chi connectivity index (χ0) is 24.6. The number of amides is 1. The van der Waals surface area contributed by atoms with Crippen molar-refractivity contribution < 1.29 is 32.6 Å². The second-order valence-electron chi connectivity index (χ2n) is 7.28. The Morgan fingerprint density at radius 1 is 1.18 bits per heavy atom. The maximum Gasteiger partial charge on any atom is 0.490 e. The van der Waals surface area contributed by atoms with Gasteiger partial charge in [-0.15, -0.1) is 11.3 Å². The van der Waals surface area contributed by atoms with Crippen molar-refractivity contribution in [2.24, 2.45) is 0 Å². The van der Waals surface area contributed by atoms with E-state index in [1.54, 1.807) is 23.6 Å². The van der Waals surface area contributed by atoms with Crippen LogP contribution in [0.5, 0.6) is 0 Å². The lowest BCUT2D eigenvalue weighted by atomic mass is 10.3. The largest absolute Gasteiger partial charge is 0.490 e. The fraction of sp³-hybridized carbons (Fsp3) is 0.261. The van der Waals surface area contributed by atoms with Crippen LogP contribution in [0.1, 0.15) is 16.3 Å². The number of hydrogen-bond donors (Lipinski definition) is 1. The van der Waals surface area contributed by atoms with Gasteiger partial charge in [0.2, 0.25) is 5.91 Å². The van der Waals surface area contributed by atoms with Crippen molar-refractivity contribution in [1.29, 1.82) is 0 Å². The first kappa shape index (κ1) is 25.2. The Morgan fingerprint density at radius 3 is 2.62 bits per heavy atom. The zero-order valence-electron chi connectivity index (χ0n) is 17.9. The van der Waals surface area contributed by atoms with E-state index in [2.05, 4.69) is 15.6 Å². The third-order valence-electron chi connectivity index (χ3n) is 4.78. The van der Waals surface area contributed by atoms with Gasteiger partial charge in [0.05, 0.1) is 31.5 Å². The van der Waals surface area contributed by atoms with Gasteiger partial charge in [0.25, 0.3) is 0 Å². The van der Waals surface area contributed by atoms with E-state index in [9.17, 15) is 18.0 Å². The second kappa shape index (κ2) is 11.6. The SMILES string of the molecule is O=C(/C=C/c1cccs1)N1Cc2cccn2CC(OCc2ccccn2)C1.O=C(O)C(F)(F)F. The molecule has 0 aliphatic carbocycles. The van der Waals surface area contributed by atoms with Gasteiger partial charge in [0.15, 0.2) is 0 Å². The van der Waals surface area contributed by atoms with Crippen molar-refractivity contribution in [3.8, 4) is 0 Å². The molecule has 3 aromatic heterocycles. The molecule has 3 aromatic rings. The molecular formula is C23H22F3N3O4S. The van der Waals surface area contributed by atoms with E-state index in [0.717, 1.165) is 22.8 Å². The van der Waals surface area contributed by atoms with Gasteiger partial charge in [-0.2, -0.15) is 13.2 Å². The summed E-state index contributed by atoms with van der Waals surface area (Å²) in [6.07, 6.45) is 2.17. The third kappa shape index (κ3) is 7.56. The highest BCUT2D eigenvalue weighted by Gasteiger charge is 2.38. The minimum absolute atomic E-state index is 0.00415. The normalized spacial score (nSPS) is 15.9. The van der Waals surface area contributed by atoms with Crippen LogP contribution in [0.3, 0.4) is 0 Å². The molecule has 1 amide bonds. The average Bonchev–Trinajstić information content (AvgIpc) is 3.45. The van der Waals surface area contributed by atoms with Crippen molar-refractivity contribution >= 4 is 29.3 Å². The van der Waals surface area contributed by atoms with Crippen LogP contribution < -0.4 is 0 Å². The Balaban J connectivity index is 0.000000406. The lowest BCUT2D eigenvalue weighted by Gasteiger charge is -2.23. The van der Waals surface area contributed by atoms with E-state index in [1.165, 1.54) is 0 Å². The number of aliphatic carboxylic acids is 1. The van der Waals surface area contributed by atoms with Gasteiger partial charge < -0.3 is 19.3 Å². The molecule has 0 saturated heterocycles. The molecule has 1 unspecified atom stereocenters. The number of carbonyl (C=O) groups excluding carboxylic acids is 1. The minimum atomic E-state index is -5.08. The van der Waals surface area contributed by atoms with Gasteiger partial charge in [-0.05, 0) is 41.8 Å². The highest BCUT2D eigenvalue weighted by atomic mass is 32.1. The summed E-state index contributed by atoms with van der Waals surface area (Å²) in [6, 6.07) is 13.8. The van der Waals surface area contributed by atoms with Crippen molar-refractivity contribution in [1.82, 2.24) is 14.5 Å². The standard InChI is InChI=1S/C21H21N3O2S.C2HF3O2/c25-21(9-8-20-7-4-12-27-20)24-13-18-6-3-11-23(18)14-19(15-24)26-16-17-5-1-2-10-22-17;3-2(4,5)1(6)7/h1-12,19H,13-16H2;(H,6,7)/b9-8+;. The summed E-state index contributed by atoms with van der Waals surface area (Å²) < 4.78 is 40.0. The van der Waals surface area contributed by atoms with Crippen LogP contribution in [0.25, 0.3) is 6.08 Å². The van der Waals surface area contributed by atoms with E-state index in [-0.39, 0.29) is 12.0 Å². The molecule has 34 heavy (non-hydrogen) atoms. The maximum absolute atomic E-state index is 12.8. The number of thiophene rings is 1. The predicted molar refractivity (Wildman–Crippen MR) is 120 cm³/mol. The van der Waals surface area contributed by atoms with Gasteiger partial charge in [0, 0.05) is 35.6 Å². The molecule has 0 aromatic carbocycles. The Hall–Kier alpha value is -3.44. The number of carboxylic acid groups (broad SMARTS) is 1. The van der Waals surface area contributed by atoms with Gasteiger partial charge in [0.1, 0.15) is 0 Å². The Bertz CT molecular complexity index is 1100. The molecule has 1 atom stereocenters. The summed E-state index contributed by atoms with van der Waals surface area (Å²) in [4.78, 5) is 28.9. The number of nitrogens with zero attached hydrogens (tertiary/aromatic N) is 3. The zero-order valence-corrected chi connectivity index (χ0v) is 18.7. The first-order valence-electron chi connectivity index (χ1n) is 10.2. The fourth-order valence-corrected chi connectivity index (χ4v) is 3.78. The van der Waals surface area contributed by atoms with E-state index in [1.807, 2.05) is 59.0 Å². The molecule has 0 saturated carbocycles. The summed E-state index contributed by atoms with van der Waals surface area (Å²) in [5, 5.41) is 9.13. The van der Waals surface area contributed by atoms with Crippen LogP contribution in [0.15, 0.2) is 66.3 Å². The summed E-state index contributed by atoms with van der Waals surface area (Å²) in [6.45, 7) is 2.31. The Kier molecular flexibility index (Phi) is 8.61. The van der Waals surface area contributed by atoms with E-state index in [4.69, 9.17) is 14.6 Å². The molecule has 7 nitrogen and oxygen atoms in total. The van der Waals surface area contributed by atoms with Crippen LogP contribution in [0.4, 0.5) is 13.2 Å². The van der Waals surface area contributed by atoms with Gasteiger partial charge >= 0.3 is 12.1 Å². The third-order valence-corrected chi connectivity index (χ3v) is 5.62. The summed E-state index contributed by atoms with van der Waals surface area (Å²) >= 11 is 1.62. The van der Waals surface area contributed by atoms with Crippen molar-refractivity contribution in [3.63, 3.8) is 0 Å². The number of pyridine rings is 1. The van der Waals surface area contributed by atoms with Crippen molar-refractivity contribution in [2.45, 2.75) is 32.0 Å². The molecule has 0 fully saturated rings. The molecule has 4 heterocycles. The second-order valence-corrected chi connectivity index (χ2v) is 8.26. The first-order valence-corrected chi connectivity index (χ1v) is 11.1. The summed E-state index contributed by atoms with van der Waals surface area (Å²) in [7, 11) is 0. The lowest BCUT2D eigenvalue weighted by Crippen LogP contribution is -2.36. The molecule has 1 N–H and O–H groups in total. The quantitative estimate of drug-likeness (QED) is 0.538. The predicted octanol–water partition coefficient (Wildman–Crippen LogP) is 4.22. The van der Waals surface area contributed by atoms with Crippen molar-refractivity contribution in [3.05, 3.63) is 82.6 Å². The van der Waals surface area contributed by atoms with Crippen LogP contribution in [-0.2, 0) is 34.0 Å². The van der Waals surface area contributed by atoms with Crippen LogP contribution >= 0.6 is 11.3 Å². The Labute approximate surface area is 197 Å². The van der Waals surface area contributed by atoms with E-state index >= 15 is 0 Å². The summed E-state index contributed by atoms with van der Waals surface area (Å²) in [5.41, 5.74) is 2.02. The minimum Gasteiger partial charge on any atom is -0.475 e. The van der Waals surface area contributed by atoms with Crippen LogP contribution in [-0.4, -0.2) is 50.3 Å². The molecular weight excluding hydrogens is 471 g/mol. The first-order chi connectivity index (χ1) is 16.2. The number of halogens is 3. The number of ether oxygens (including phenoxy) is 1. The smallest absolute Gasteiger partial charge is 0.475 e. The highest BCUT2D eigenvalue weighted by Crippen LogP contribution is 2.18. The molecule has 1 aliphatic heterocycles. The van der Waals surface area contributed by atoms with Crippen LogP contribution in [0.2, 0.25) is 0 Å². The lowest BCUT2D eigenvalue weighted by molar-refractivity contribution is -0.192. The number of fused-ring (bicyclic) bond motifs is 1. The molecule has 0 radical (unpaired) electrons. The summed E-state index contributed by atoms with van der Waals surface area (Å²) in [5.74, 6) is -2.75. The van der Waals surface area contributed by atoms with E-state index in [0.29, 0.717) is 19.7 Å². The molecule has 11 heteroatoms. The molecule has 1 aliphatic rings. The van der Waals surface area contributed by atoms with Crippen molar-refractivity contribution in [2.75, 3.05) is 6.54 Å². The molecule has 0 bridgehead atoms.